The predicted octanol–water partition coefficient (Wildman–Crippen LogP) is 2.90. The number of nitrogens with zero attached hydrogens (tertiary/aromatic N) is 2. The van der Waals surface area contributed by atoms with Gasteiger partial charge in [0.25, 0.3) is 0 Å². The van der Waals surface area contributed by atoms with Crippen LogP contribution in [0.15, 0.2) is 15.5 Å². The zero-order chi connectivity index (χ0) is 12.0. The number of halogens is 1. The van der Waals surface area contributed by atoms with Gasteiger partial charge >= 0.3 is 0 Å². The lowest BCUT2D eigenvalue weighted by Crippen LogP contribution is -2.37. The molecule has 0 amide bonds. The van der Waals surface area contributed by atoms with Crippen LogP contribution in [0.4, 0.5) is 0 Å². The highest BCUT2D eigenvalue weighted by Gasteiger charge is 2.33. The molecule has 1 aromatic heterocycles. The highest BCUT2D eigenvalue weighted by Crippen LogP contribution is 2.38. The molecule has 1 unspecified atom stereocenters. The monoisotopic (exact) mass is 313 g/mol. The lowest BCUT2D eigenvalue weighted by atomic mass is 10.2. The standard InChI is InChI=1S/C12H16BrN3S/c1-7-9(13)4-11(17-7)10-5-15-12(14)16(10)6-8-2-3-8/h4,8,10H,2-3,5-6H2,1H3,(H2,14,15). The summed E-state index contributed by atoms with van der Waals surface area (Å²) in [7, 11) is 0. The second kappa shape index (κ2) is 4.28. The van der Waals surface area contributed by atoms with Crippen LogP contribution < -0.4 is 5.73 Å². The van der Waals surface area contributed by atoms with E-state index in [1.807, 2.05) is 11.3 Å². The Morgan fingerprint density at radius 1 is 1.59 bits per heavy atom. The van der Waals surface area contributed by atoms with E-state index in [1.165, 1.54) is 27.1 Å². The van der Waals surface area contributed by atoms with Crippen molar-refractivity contribution in [1.29, 1.82) is 0 Å². The minimum Gasteiger partial charge on any atom is -0.370 e. The van der Waals surface area contributed by atoms with Crippen molar-refractivity contribution >= 4 is 33.2 Å². The van der Waals surface area contributed by atoms with Gasteiger partial charge in [-0.3, -0.25) is 4.99 Å². The molecule has 3 nitrogen and oxygen atoms in total. The van der Waals surface area contributed by atoms with E-state index >= 15 is 0 Å². The van der Waals surface area contributed by atoms with Crippen LogP contribution in [-0.2, 0) is 0 Å². The zero-order valence-electron chi connectivity index (χ0n) is 9.82. The van der Waals surface area contributed by atoms with Gasteiger partial charge in [0.2, 0.25) is 0 Å². The van der Waals surface area contributed by atoms with Gasteiger partial charge < -0.3 is 10.6 Å². The van der Waals surface area contributed by atoms with Crippen molar-refractivity contribution in [2.24, 2.45) is 16.6 Å². The van der Waals surface area contributed by atoms with Crippen molar-refractivity contribution in [3.63, 3.8) is 0 Å². The van der Waals surface area contributed by atoms with E-state index in [0.717, 1.165) is 25.0 Å². The molecule has 0 saturated heterocycles. The molecule has 5 heteroatoms. The summed E-state index contributed by atoms with van der Waals surface area (Å²) < 4.78 is 1.20. The maximum absolute atomic E-state index is 6.00. The van der Waals surface area contributed by atoms with Gasteiger partial charge in [-0.1, -0.05) is 0 Å². The van der Waals surface area contributed by atoms with Gasteiger partial charge in [-0.05, 0) is 47.7 Å². The average molecular weight is 314 g/mol. The average Bonchev–Trinajstić information content (AvgIpc) is 2.95. The molecule has 92 valence electrons. The number of aliphatic imine (C=N–C) groups is 1. The molecule has 1 fully saturated rings. The summed E-state index contributed by atoms with van der Waals surface area (Å²) in [6, 6.07) is 2.59. The maximum Gasteiger partial charge on any atom is 0.191 e. The number of aryl methyl sites for hydroxylation is 1. The number of thiophene rings is 1. The van der Waals surface area contributed by atoms with Gasteiger partial charge in [0.05, 0.1) is 12.6 Å². The van der Waals surface area contributed by atoms with Gasteiger partial charge in [0, 0.05) is 20.8 Å². The third-order valence-corrected chi connectivity index (χ3v) is 5.69. The van der Waals surface area contributed by atoms with Gasteiger partial charge in [-0.25, -0.2) is 0 Å². The quantitative estimate of drug-likeness (QED) is 0.932. The van der Waals surface area contributed by atoms with Crippen LogP contribution >= 0.6 is 27.3 Å². The molecule has 1 saturated carbocycles. The third kappa shape index (κ3) is 2.22. The van der Waals surface area contributed by atoms with Crippen LogP contribution in [0, 0.1) is 12.8 Å². The number of nitrogens with two attached hydrogens (primary N) is 1. The molecule has 0 radical (unpaired) electrons. The van der Waals surface area contributed by atoms with E-state index in [2.05, 4.69) is 38.8 Å². The van der Waals surface area contributed by atoms with Crippen molar-refractivity contribution in [2.75, 3.05) is 13.1 Å². The molecule has 2 N–H and O–H groups in total. The summed E-state index contributed by atoms with van der Waals surface area (Å²) in [6.45, 7) is 4.03. The first-order chi connectivity index (χ1) is 8.15. The molecule has 2 heterocycles. The minimum absolute atomic E-state index is 0.366. The third-order valence-electron chi connectivity index (χ3n) is 3.45. The Labute approximate surface area is 114 Å². The Bertz CT molecular complexity index is 445. The van der Waals surface area contributed by atoms with E-state index in [9.17, 15) is 0 Å². The van der Waals surface area contributed by atoms with Crippen molar-refractivity contribution < 1.29 is 0 Å². The lowest BCUT2D eigenvalue weighted by Gasteiger charge is -2.25. The Morgan fingerprint density at radius 3 is 2.94 bits per heavy atom. The summed E-state index contributed by atoms with van der Waals surface area (Å²) >= 11 is 5.43. The summed E-state index contributed by atoms with van der Waals surface area (Å²) in [6.07, 6.45) is 2.70. The lowest BCUT2D eigenvalue weighted by molar-refractivity contribution is 0.337. The van der Waals surface area contributed by atoms with Crippen LogP contribution in [0.3, 0.4) is 0 Å². The molecule has 0 aromatic carbocycles. The van der Waals surface area contributed by atoms with Gasteiger partial charge in [-0.2, -0.15) is 0 Å². The first kappa shape index (κ1) is 11.5. The summed E-state index contributed by atoms with van der Waals surface area (Å²) in [5, 5.41) is 0. The molecule has 3 rings (SSSR count). The minimum atomic E-state index is 0.366. The van der Waals surface area contributed by atoms with Crippen LogP contribution in [0.2, 0.25) is 0 Å². The predicted molar refractivity (Wildman–Crippen MR) is 75.4 cm³/mol. The Hall–Kier alpha value is -0.550. The Morgan fingerprint density at radius 2 is 2.35 bits per heavy atom. The maximum atomic E-state index is 6.00. The van der Waals surface area contributed by atoms with Gasteiger partial charge in [0.15, 0.2) is 5.96 Å². The number of rotatable bonds is 3. The first-order valence-electron chi connectivity index (χ1n) is 5.97. The normalized spacial score (nSPS) is 24.2. The molecule has 1 aliphatic heterocycles. The topological polar surface area (TPSA) is 41.6 Å². The fourth-order valence-corrected chi connectivity index (χ4v) is 3.88. The van der Waals surface area contributed by atoms with E-state index in [-0.39, 0.29) is 0 Å². The first-order valence-corrected chi connectivity index (χ1v) is 7.58. The van der Waals surface area contributed by atoms with E-state index in [4.69, 9.17) is 5.73 Å². The highest BCUT2D eigenvalue weighted by atomic mass is 79.9. The van der Waals surface area contributed by atoms with Crippen molar-refractivity contribution in [3.05, 3.63) is 20.3 Å². The molecule has 0 bridgehead atoms. The smallest absolute Gasteiger partial charge is 0.191 e. The van der Waals surface area contributed by atoms with E-state index in [0.29, 0.717) is 6.04 Å². The fourth-order valence-electron chi connectivity index (χ4n) is 2.22. The van der Waals surface area contributed by atoms with Crippen LogP contribution in [0.25, 0.3) is 0 Å². The number of guanidine groups is 1. The van der Waals surface area contributed by atoms with E-state index in [1.54, 1.807) is 0 Å². The number of hydrogen-bond acceptors (Lipinski definition) is 4. The summed E-state index contributed by atoms with van der Waals surface area (Å²) in [5.74, 6) is 1.57. The van der Waals surface area contributed by atoms with Gasteiger partial charge in [0.1, 0.15) is 0 Å². The molecule has 1 aliphatic carbocycles. The SMILES string of the molecule is Cc1sc(C2CN=C(N)N2CC2CC2)cc1Br. The molecule has 17 heavy (non-hydrogen) atoms. The molecule has 1 aromatic rings. The molecule has 2 aliphatic rings. The Kier molecular flexibility index (Phi) is 2.91. The second-order valence-electron chi connectivity index (χ2n) is 4.86. The van der Waals surface area contributed by atoms with Crippen LogP contribution in [0.5, 0.6) is 0 Å². The van der Waals surface area contributed by atoms with Crippen LogP contribution in [0.1, 0.15) is 28.6 Å². The van der Waals surface area contributed by atoms with Crippen molar-refractivity contribution in [1.82, 2.24) is 4.90 Å². The molecular formula is C12H16BrN3S. The van der Waals surface area contributed by atoms with E-state index < -0.39 is 0 Å². The Balaban J connectivity index is 1.81. The zero-order valence-corrected chi connectivity index (χ0v) is 12.2. The summed E-state index contributed by atoms with van der Waals surface area (Å²) in [5.41, 5.74) is 6.00. The second-order valence-corrected chi connectivity index (χ2v) is 7.01. The molecule has 1 atom stereocenters. The van der Waals surface area contributed by atoms with Crippen LogP contribution in [-0.4, -0.2) is 23.9 Å². The highest BCUT2D eigenvalue weighted by molar-refractivity contribution is 9.10. The van der Waals surface area contributed by atoms with Crippen molar-refractivity contribution in [3.8, 4) is 0 Å². The summed E-state index contributed by atoms with van der Waals surface area (Å²) in [4.78, 5) is 9.40. The van der Waals surface area contributed by atoms with Crippen molar-refractivity contribution in [2.45, 2.75) is 25.8 Å². The van der Waals surface area contributed by atoms with Gasteiger partial charge in [-0.15, -0.1) is 11.3 Å². The largest absolute Gasteiger partial charge is 0.370 e. The fraction of sp³-hybridized carbons (Fsp3) is 0.583. The molecule has 0 spiro atoms. The molecular weight excluding hydrogens is 298 g/mol. The number of hydrogen-bond donors (Lipinski definition) is 1.